The number of methoxy groups -OCH3 is 1. The molecule has 1 heterocycles. The number of hydrogen-bond acceptors (Lipinski definition) is 6. The van der Waals surface area contributed by atoms with E-state index in [1.807, 2.05) is 55.5 Å². The monoisotopic (exact) mass is 592 g/mol. The van der Waals surface area contributed by atoms with Crippen molar-refractivity contribution in [3.8, 4) is 5.75 Å². The van der Waals surface area contributed by atoms with Crippen LogP contribution in [-0.4, -0.2) is 82.5 Å². The van der Waals surface area contributed by atoms with E-state index in [4.69, 9.17) is 4.74 Å². The predicted octanol–water partition coefficient (Wildman–Crippen LogP) is 4.31. The minimum absolute atomic E-state index is 0.180. The van der Waals surface area contributed by atoms with Gasteiger partial charge in [0.25, 0.3) is 0 Å². The van der Waals surface area contributed by atoms with Crippen molar-refractivity contribution in [3.63, 3.8) is 0 Å². The maximum atomic E-state index is 14.4. The van der Waals surface area contributed by atoms with Gasteiger partial charge in [-0.2, -0.15) is 4.72 Å². The van der Waals surface area contributed by atoms with Crippen molar-refractivity contribution in [3.05, 3.63) is 94.5 Å². The summed E-state index contributed by atoms with van der Waals surface area (Å²) in [6.07, 6.45) is 0.798. The lowest BCUT2D eigenvalue weighted by Crippen LogP contribution is -2.46. The van der Waals surface area contributed by atoms with Crippen LogP contribution >= 0.6 is 0 Å². The van der Waals surface area contributed by atoms with Crippen molar-refractivity contribution in [2.75, 3.05) is 53.4 Å². The van der Waals surface area contributed by atoms with Gasteiger partial charge in [0.1, 0.15) is 11.8 Å². The molecule has 0 saturated carbocycles. The van der Waals surface area contributed by atoms with Crippen molar-refractivity contribution < 1.29 is 17.9 Å². The summed E-state index contributed by atoms with van der Waals surface area (Å²) in [5.41, 5.74) is 3.52. The second-order valence-electron chi connectivity index (χ2n) is 11.2. The third-order valence-electron chi connectivity index (χ3n) is 8.15. The Morgan fingerprint density at radius 1 is 0.952 bits per heavy atom. The standard InChI is InChI=1S/C33H44N4O4S/c1-25-23-30(41-5)26(2)27(3)32(25)42(39,40)34-31(29-15-10-7-11-16-29)33(38)37(24-28-13-8-6-9-14-28)18-12-17-36-21-19-35(4)20-22-36/h6-11,13-16,23,31,34H,12,17-22,24H2,1-5H3/t31-/m0/s1. The molecule has 8 nitrogen and oxygen atoms in total. The maximum Gasteiger partial charge on any atom is 0.245 e. The third kappa shape index (κ3) is 7.77. The fraction of sp³-hybridized carbons (Fsp3) is 0.424. The predicted molar refractivity (Wildman–Crippen MR) is 167 cm³/mol. The Hall–Kier alpha value is -3.24. The maximum absolute atomic E-state index is 14.4. The molecule has 0 radical (unpaired) electrons. The number of rotatable bonds is 12. The van der Waals surface area contributed by atoms with E-state index in [-0.39, 0.29) is 10.8 Å². The number of nitrogens with one attached hydrogen (secondary N) is 1. The first-order valence-electron chi connectivity index (χ1n) is 14.6. The zero-order valence-corrected chi connectivity index (χ0v) is 26.3. The van der Waals surface area contributed by atoms with Crippen LogP contribution in [0.25, 0.3) is 0 Å². The van der Waals surface area contributed by atoms with Crippen molar-refractivity contribution in [2.24, 2.45) is 0 Å². The molecule has 1 amide bonds. The first kappa shape index (κ1) is 31.7. The van der Waals surface area contributed by atoms with E-state index in [0.29, 0.717) is 35.5 Å². The van der Waals surface area contributed by atoms with Gasteiger partial charge < -0.3 is 19.4 Å². The molecule has 4 rings (SSSR count). The van der Waals surface area contributed by atoms with E-state index in [1.54, 1.807) is 44.1 Å². The average Bonchev–Trinajstić information content (AvgIpc) is 2.99. The van der Waals surface area contributed by atoms with Crippen LogP contribution in [0.2, 0.25) is 0 Å². The van der Waals surface area contributed by atoms with Crippen LogP contribution in [0.4, 0.5) is 0 Å². The van der Waals surface area contributed by atoms with Crippen LogP contribution in [0.15, 0.2) is 71.6 Å². The Labute approximate surface area is 251 Å². The van der Waals surface area contributed by atoms with Gasteiger partial charge in [-0.25, -0.2) is 8.42 Å². The molecular formula is C33H44N4O4S. The van der Waals surface area contributed by atoms with E-state index in [0.717, 1.165) is 50.3 Å². The number of benzene rings is 3. The van der Waals surface area contributed by atoms with Gasteiger partial charge in [-0.15, -0.1) is 0 Å². The van der Waals surface area contributed by atoms with Crippen LogP contribution in [0, 0.1) is 20.8 Å². The summed E-state index contributed by atoms with van der Waals surface area (Å²) in [4.78, 5) is 21.1. The Bertz CT molecular complexity index is 1440. The largest absolute Gasteiger partial charge is 0.496 e. The summed E-state index contributed by atoms with van der Waals surface area (Å²) in [7, 11) is -0.367. The van der Waals surface area contributed by atoms with Gasteiger partial charge in [-0.05, 0) is 74.7 Å². The number of carbonyl (C=O) groups excluding carboxylic acids is 1. The lowest BCUT2D eigenvalue weighted by molar-refractivity contribution is -0.134. The van der Waals surface area contributed by atoms with Gasteiger partial charge in [0.05, 0.1) is 12.0 Å². The highest BCUT2D eigenvalue weighted by atomic mass is 32.2. The molecule has 1 aliphatic rings. The van der Waals surface area contributed by atoms with Crippen LogP contribution in [0.1, 0.15) is 40.3 Å². The molecule has 0 spiro atoms. The zero-order chi connectivity index (χ0) is 30.3. The quantitative estimate of drug-likeness (QED) is 0.338. The van der Waals surface area contributed by atoms with Crippen LogP contribution in [0.3, 0.4) is 0 Å². The number of aryl methyl sites for hydroxylation is 1. The second kappa shape index (κ2) is 14.3. The Morgan fingerprint density at radius 2 is 1.57 bits per heavy atom. The van der Waals surface area contributed by atoms with Crippen molar-refractivity contribution in [1.82, 2.24) is 19.4 Å². The summed E-state index contributed by atoms with van der Waals surface area (Å²) in [6.45, 7) is 11.3. The number of likely N-dealkylation sites (N-methyl/N-ethyl adjacent to an activating group) is 1. The molecule has 0 unspecified atom stereocenters. The highest BCUT2D eigenvalue weighted by Crippen LogP contribution is 2.32. The second-order valence-corrected chi connectivity index (χ2v) is 12.8. The number of nitrogens with zero attached hydrogens (tertiary/aromatic N) is 3. The van der Waals surface area contributed by atoms with E-state index in [2.05, 4.69) is 21.6 Å². The van der Waals surface area contributed by atoms with Crippen LogP contribution < -0.4 is 9.46 Å². The van der Waals surface area contributed by atoms with Gasteiger partial charge >= 0.3 is 0 Å². The SMILES string of the molecule is COc1cc(C)c(S(=O)(=O)N[C@H](C(=O)N(CCCN2CCN(C)CC2)Cc2ccccc2)c2ccccc2)c(C)c1C. The summed E-state index contributed by atoms with van der Waals surface area (Å²) in [5, 5.41) is 0. The molecule has 0 bridgehead atoms. The summed E-state index contributed by atoms with van der Waals surface area (Å²) >= 11 is 0. The molecule has 1 N–H and O–H groups in total. The van der Waals surface area contributed by atoms with Crippen LogP contribution in [0.5, 0.6) is 5.75 Å². The minimum atomic E-state index is -4.08. The van der Waals surface area contributed by atoms with Gasteiger partial charge in [0.2, 0.25) is 15.9 Å². The Morgan fingerprint density at radius 3 is 2.19 bits per heavy atom. The number of amides is 1. The number of hydrogen-bond donors (Lipinski definition) is 1. The average molecular weight is 593 g/mol. The van der Waals surface area contributed by atoms with Crippen molar-refractivity contribution in [1.29, 1.82) is 0 Å². The first-order chi connectivity index (χ1) is 20.1. The minimum Gasteiger partial charge on any atom is -0.496 e. The van der Waals surface area contributed by atoms with Gasteiger partial charge in [0, 0.05) is 39.3 Å². The zero-order valence-electron chi connectivity index (χ0n) is 25.5. The molecule has 0 aromatic heterocycles. The van der Waals surface area contributed by atoms with E-state index >= 15 is 0 Å². The van der Waals surface area contributed by atoms with Gasteiger partial charge in [0.15, 0.2) is 0 Å². The van der Waals surface area contributed by atoms with Crippen molar-refractivity contribution in [2.45, 2.75) is 44.7 Å². The normalized spacial score (nSPS) is 15.4. The Kier molecular flexibility index (Phi) is 10.8. The summed E-state index contributed by atoms with van der Waals surface area (Å²) < 4.78 is 36.3. The fourth-order valence-corrected chi connectivity index (χ4v) is 7.28. The summed E-state index contributed by atoms with van der Waals surface area (Å²) in [6, 6.07) is 19.6. The molecule has 226 valence electrons. The lowest BCUT2D eigenvalue weighted by Gasteiger charge is -2.33. The van der Waals surface area contributed by atoms with E-state index < -0.39 is 16.1 Å². The fourth-order valence-electron chi connectivity index (χ4n) is 5.58. The molecule has 1 aliphatic heterocycles. The Balaban J connectivity index is 1.64. The van der Waals surface area contributed by atoms with E-state index in [9.17, 15) is 13.2 Å². The third-order valence-corrected chi connectivity index (χ3v) is 9.86. The van der Waals surface area contributed by atoms with Gasteiger partial charge in [-0.1, -0.05) is 60.7 Å². The number of piperazine rings is 1. The molecular weight excluding hydrogens is 548 g/mol. The first-order valence-corrected chi connectivity index (χ1v) is 16.0. The topological polar surface area (TPSA) is 82.2 Å². The highest BCUT2D eigenvalue weighted by molar-refractivity contribution is 7.89. The van der Waals surface area contributed by atoms with E-state index in [1.165, 1.54) is 0 Å². The number of carbonyl (C=O) groups is 1. The molecule has 1 saturated heterocycles. The molecule has 1 fully saturated rings. The van der Waals surface area contributed by atoms with Crippen molar-refractivity contribution >= 4 is 15.9 Å². The summed E-state index contributed by atoms with van der Waals surface area (Å²) in [5.74, 6) is 0.363. The molecule has 1 atom stereocenters. The molecule has 3 aromatic rings. The lowest BCUT2D eigenvalue weighted by atomic mass is 10.1. The number of ether oxygens (including phenoxy) is 1. The molecule has 42 heavy (non-hydrogen) atoms. The molecule has 0 aliphatic carbocycles. The van der Waals surface area contributed by atoms with Crippen LogP contribution in [-0.2, 0) is 21.4 Å². The smallest absolute Gasteiger partial charge is 0.245 e. The number of sulfonamides is 1. The molecule has 9 heteroatoms. The van der Waals surface area contributed by atoms with Gasteiger partial charge in [-0.3, -0.25) is 4.79 Å². The highest BCUT2D eigenvalue weighted by Gasteiger charge is 2.33. The molecule has 3 aromatic carbocycles.